The number of rotatable bonds is 9. The van der Waals surface area contributed by atoms with Gasteiger partial charge in [0.25, 0.3) is 5.91 Å². The number of anilines is 1. The SMILES string of the molecule is COc1ccc(CCN(C(=O)/C=C\C(=O)O)[C@H]2CC(=O)N(c3ccc(Cl)cc3)C2=O)cc1OC. The lowest BCUT2D eigenvalue weighted by molar-refractivity contribution is -0.135. The van der Waals surface area contributed by atoms with E-state index in [4.69, 9.17) is 26.2 Å². The van der Waals surface area contributed by atoms with E-state index in [-0.39, 0.29) is 13.0 Å². The van der Waals surface area contributed by atoms with Gasteiger partial charge in [0.15, 0.2) is 11.5 Å². The highest BCUT2D eigenvalue weighted by Gasteiger charge is 2.43. The molecule has 0 saturated carbocycles. The Morgan fingerprint density at radius 3 is 2.38 bits per heavy atom. The summed E-state index contributed by atoms with van der Waals surface area (Å²) in [6.45, 7) is 0.0659. The summed E-state index contributed by atoms with van der Waals surface area (Å²) < 4.78 is 10.5. The van der Waals surface area contributed by atoms with Gasteiger partial charge in [-0.1, -0.05) is 17.7 Å². The van der Waals surface area contributed by atoms with E-state index >= 15 is 0 Å². The van der Waals surface area contributed by atoms with Crippen LogP contribution in [0, 0.1) is 0 Å². The van der Waals surface area contributed by atoms with E-state index in [1.807, 2.05) is 0 Å². The highest BCUT2D eigenvalue weighted by Crippen LogP contribution is 2.29. The number of halogens is 1. The standard InChI is InChI=1S/C24H23ClN2O7/c1-33-19-8-3-15(13-20(19)34-2)11-12-26(21(28)9-10-23(30)31)18-14-22(29)27(24(18)32)17-6-4-16(25)5-7-17/h3-10,13,18H,11-12,14H2,1-2H3,(H,30,31)/b10-9-/t18-/m0/s1. The molecule has 10 heteroatoms. The van der Waals surface area contributed by atoms with Gasteiger partial charge in [-0.15, -0.1) is 0 Å². The molecular formula is C24H23ClN2O7. The van der Waals surface area contributed by atoms with Crippen molar-refractivity contribution >= 4 is 41.0 Å². The van der Waals surface area contributed by atoms with Crippen molar-refractivity contribution in [2.75, 3.05) is 25.7 Å². The quantitative estimate of drug-likeness (QED) is 0.428. The van der Waals surface area contributed by atoms with E-state index < -0.39 is 29.7 Å². The summed E-state index contributed by atoms with van der Waals surface area (Å²) in [6, 6.07) is 10.4. The molecule has 1 aliphatic heterocycles. The fourth-order valence-electron chi connectivity index (χ4n) is 3.66. The van der Waals surface area contributed by atoms with Crippen LogP contribution in [0.5, 0.6) is 11.5 Å². The van der Waals surface area contributed by atoms with E-state index in [1.165, 1.54) is 19.1 Å². The highest BCUT2D eigenvalue weighted by molar-refractivity contribution is 6.31. The number of carboxylic acids is 1. The van der Waals surface area contributed by atoms with Crippen molar-refractivity contribution in [3.8, 4) is 11.5 Å². The summed E-state index contributed by atoms with van der Waals surface area (Å²) in [7, 11) is 3.02. The number of benzene rings is 2. The smallest absolute Gasteiger partial charge is 0.328 e. The van der Waals surface area contributed by atoms with Gasteiger partial charge in [0.05, 0.1) is 26.3 Å². The number of ether oxygens (including phenoxy) is 2. The van der Waals surface area contributed by atoms with Crippen molar-refractivity contribution in [2.45, 2.75) is 18.9 Å². The van der Waals surface area contributed by atoms with Crippen molar-refractivity contribution in [3.63, 3.8) is 0 Å². The number of amides is 3. The number of aliphatic carboxylic acids is 1. The van der Waals surface area contributed by atoms with Gasteiger partial charge in [-0.05, 0) is 48.4 Å². The molecule has 178 valence electrons. The van der Waals surface area contributed by atoms with Crippen molar-refractivity contribution in [1.29, 1.82) is 0 Å². The fourth-order valence-corrected chi connectivity index (χ4v) is 3.79. The molecule has 0 bridgehead atoms. The van der Waals surface area contributed by atoms with Crippen LogP contribution in [0.1, 0.15) is 12.0 Å². The normalized spacial score (nSPS) is 15.6. The molecule has 0 unspecified atom stereocenters. The lowest BCUT2D eigenvalue weighted by atomic mass is 10.1. The van der Waals surface area contributed by atoms with Gasteiger partial charge in [0.2, 0.25) is 11.8 Å². The Hall–Kier alpha value is -3.85. The summed E-state index contributed by atoms with van der Waals surface area (Å²) in [5.74, 6) is -1.99. The van der Waals surface area contributed by atoms with Crippen LogP contribution >= 0.6 is 11.6 Å². The van der Waals surface area contributed by atoms with Gasteiger partial charge in [-0.2, -0.15) is 0 Å². The Kier molecular flexibility index (Phi) is 7.91. The molecule has 1 heterocycles. The molecule has 34 heavy (non-hydrogen) atoms. The Morgan fingerprint density at radius 2 is 1.76 bits per heavy atom. The van der Waals surface area contributed by atoms with Crippen LogP contribution in [-0.2, 0) is 25.6 Å². The molecule has 0 radical (unpaired) electrons. The molecule has 2 aromatic carbocycles. The molecule has 3 rings (SSSR count). The number of carboxylic acid groups (broad SMARTS) is 1. The number of hydrogen-bond acceptors (Lipinski definition) is 6. The summed E-state index contributed by atoms with van der Waals surface area (Å²) in [6.07, 6.45) is 1.68. The zero-order valence-electron chi connectivity index (χ0n) is 18.6. The van der Waals surface area contributed by atoms with Crippen molar-refractivity contribution < 1.29 is 33.8 Å². The maximum absolute atomic E-state index is 13.2. The molecule has 1 aliphatic rings. The lowest BCUT2D eigenvalue weighted by Crippen LogP contribution is -2.46. The van der Waals surface area contributed by atoms with Gasteiger partial charge in [-0.3, -0.25) is 14.4 Å². The van der Waals surface area contributed by atoms with E-state index in [1.54, 1.807) is 42.5 Å². The number of nitrogens with zero attached hydrogens (tertiary/aromatic N) is 2. The van der Waals surface area contributed by atoms with Crippen LogP contribution in [0.2, 0.25) is 5.02 Å². The molecule has 1 atom stereocenters. The van der Waals surface area contributed by atoms with Crippen LogP contribution in [0.25, 0.3) is 0 Å². The van der Waals surface area contributed by atoms with Gasteiger partial charge in [-0.25, -0.2) is 9.69 Å². The molecule has 9 nitrogen and oxygen atoms in total. The molecule has 0 aliphatic carbocycles. The maximum Gasteiger partial charge on any atom is 0.328 e. The van der Waals surface area contributed by atoms with Crippen LogP contribution in [-0.4, -0.2) is 60.5 Å². The molecule has 1 N–H and O–H groups in total. The summed E-state index contributed by atoms with van der Waals surface area (Å²) in [5.41, 5.74) is 1.14. The molecule has 0 aromatic heterocycles. The Morgan fingerprint density at radius 1 is 1.09 bits per heavy atom. The monoisotopic (exact) mass is 486 g/mol. The van der Waals surface area contributed by atoms with E-state index in [0.29, 0.717) is 34.7 Å². The van der Waals surface area contributed by atoms with E-state index in [9.17, 15) is 19.2 Å². The average Bonchev–Trinajstić information content (AvgIpc) is 3.11. The largest absolute Gasteiger partial charge is 0.493 e. The van der Waals surface area contributed by atoms with Crippen molar-refractivity contribution in [1.82, 2.24) is 4.90 Å². The molecule has 3 amide bonds. The molecule has 0 spiro atoms. The van der Waals surface area contributed by atoms with Gasteiger partial charge < -0.3 is 19.5 Å². The predicted octanol–water partition coefficient (Wildman–Crippen LogP) is 2.70. The zero-order chi connectivity index (χ0) is 24.8. The number of imide groups is 1. The first-order valence-corrected chi connectivity index (χ1v) is 10.7. The number of hydrogen-bond donors (Lipinski definition) is 1. The van der Waals surface area contributed by atoms with Gasteiger partial charge >= 0.3 is 5.97 Å². The molecule has 2 aromatic rings. The summed E-state index contributed by atoms with van der Waals surface area (Å²) in [4.78, 5) is 51.9. The minimum atomic E-state index is -1.30. The Balaban J connectivity index is 1.86. The molecule has 1 fully saturated rings. The van der Waals surface area contributed by atoms with Crippen LogP contribution in [0.15, 0.2) is 54.6 Å². The fraction of sp³-hybridized carbons (Fsp3) is 0.250. The van der Waals surface area contributed by atoms with Crippen molar-refractivity contribution in [3.05, 3.63) is 65.2 Å². The number of carbonyl (C=O) groups is 4. The zero-order valence-corrected chi connectivity index (χ0v) is 19.3. The van der Waals surface area contributed by atoms with E-state index in [2.05, 4.69) is 0 Å². The van der Waals surface area contributed by atoms with Crippen LogP contribution in [0.4, 0.5) is 5.69 Å². The topological polar surface area (TPSA) is 113 Å². The minimum absolute atomic E-state index is 0.0659. The second kappa shape index (κ2) is 10.8. The lowest BCUT2D eigenvalue weighted by Gasteiger charge is -2.26. The maximum atomic E-state index is 13.2. The Bertz CT molecular complexity index is 1130. The van der Waals surface area contributed by atoms with Gasteiger partial charge in [0, 0.05) is 23.7 Å². The summed E-state index contributed by atoms with van der Waals surface area (Å²) in [5, 5.41) is 9.36. The minimum Gasteiger partial charge on any atom is -0.493 e. The first-order chi connectivity index (χ1) is 16.2. The highest BCUT2D eigenvalue weighted by atomic mass is 35.5. The van der Waals surface area contributed by atoms with Crippen LogP contribution < -0.4 is 14.4 Å². The van der Waals surface area contributed by atoms with Crippen LogP contribution in [0.3, 0.4) is 0 Å². The molecule has 1 saturated heterocycles. The number of carbonyl (C=O) groups excluding carboxylic acids is 3. The first kappa shape index (κ1) is 24.8. The second-order valence-electron chi connectivity index (χ2n) is 7.41. The second-order valence-corrected chi connectivity index (χ2v) is 7.84. The summed E-state index contributed by atoms with van der Waals surface area (Å²) >= 11 is 5.90. The third-order valence-electron chi connectivity index (χ3n) is 5.32. The number of methoxy groups -OCH3 is 2. The predicted molar refractivity (Wildman–Crippen MR) is 124 cm³/mol. The average molecular weight is 487 g/mol. The Labute approximate surface area is 201 Å². The third kappa shape index (κ3) is 5.55. The first-order valence-electron chi connectivity index (χ1n) is 10.3. The third-order valence-corrected chi connectivity index (χ3v) is 5.58. The molecular weight excluding hydrogens is 464 g/mol. The van der Waals surface area contributed by atoms with Gasteiger partial charge in [0.1, 0.15) is 6.04 Å². The van der Waals surface area contributed by atoms with E-state index in [0.717, 1.165) is 16.5 Å². The van der Waals surface area contributed by atoms with Crippen molar-refractivity contribution in [2.24, 2.45) is 0 Å².